The highest BCUT2D eigenvalue weighted by molar-refractivity contribution is 5.64. The summed E-state index contributed by atoms with van der Waals surface area (Å²) < 4.78 is 5.79. The van der Waals surface area contributed by atoms with Crippen molar-refractivity contribution in [3.63, 3.8) is 0 Å². The van der Waals surface area contributed by atoms with Crippen molar-refractivity contribution in [2.45, 2.75) is 33.2 Å². The number of nitriles is 1. The summed E-state index contributed by atoms with van der Waals surface area (Å²) >= 11 is 0. The third kappa shape index (κ3) is 4.76. The topological polar surface area (TPSA) is 84.8 Å². The van der Waals surface area contributed by atoms with Crippen LogP contribution in [0.2, 0.25) is 0 Å². The predicted octanol–water partition coefficient (Wildman–Crippen LogP) is 3.08. The van der Waals surface area contributed by atoms with E-state index >= 15 is 0 Å². The Bertz CT molecular complexity index is 706. The normalized spacial score (nSPS) is 13.2. The van der Waals surface area contributed by atoms with Crippen molar-refractivity contribution in [1.29, 1.82) is 5.26 Å². The molecule has 1 heterocycles. The van der Waals surface area contributed by atoms with E-state index in [1.807, 2.05) is 32.0 Å². The highest BCUT2D eigenvalue weighted by atomic mass is 16.5. The molecule has 0 fully saturated rings. The van der Waals surface area contributed by atoms with Gasteiger partial charge in [-0.15, -0.1) is 0 Å². The van der Waals surface area contributed by atoms with Crippen LogP contribution in [0.1, 0.15) is 31.5 Å². The number of rotatable bonds is 6. The highest BCUT2D eigenvalue weighted by Gasteiger charge is 2.10. The average molecular weight is 310 g/mol. The van der Waals surface area contributed by atoms with E-state index in [2.05, 4.69) is 23.0 Å². The zero-order valence-electron chi connectivity index (χ0n) is 13.8. The van der Waals surface area contributed by atoms with Crippen molar-refractivity contribution >= 4 is 0 Å². The Kier molecular flexibility index (Phi) is 5.67. The van der Waals surface area contributed by atoms with Gasteiger partial charge in [0.05, 0.1) is 17.9 Å². The van der Waals surface area contributed by atoms with Gasteiger partial charge < -0.3 is 10.5 Å². The van der Waals surface area contributed by atoms with Crippen LogP contribution in [-0.4, -0.2) is 22.6 Å². The maximum atomic E-state index is 9.37. The first kappa shape index (κ1) is 16.9. The summed E-state index contributed by atoms with van der Waals surface area (Å²) in [5, 5.41) is 9.37. The van der Waals surface area contributed by atoms with Crippen molar-refractivity contribution in [3.8, 4) is 23.1 Å². The fourth-order valence-corrected chi connectivity index (χ4v) is 2.45. The summed E-state index contributed by atoms with van der Waals surface area (Å²) in [7, 11) is 0. The molecule has 5 nitrogen and oxygen atoms in total. The van der Waals surface area contributed by atoms with E-state index in [0.29, 0.717) is 23.8 Å². The van der Waals surface area contributed by atoms with Gasteiger partial charge in [0.25, 0.3) is 0 Å². The summed E-state index contributed by atoms with van der Waals surface area (Å²) in [5.74, 6) is 0.935. The second-order valence-electron chi connectivity index (χ2n) is 6.00. The summed E-state index contributed by atoms with van der Waals surface area (Å²) in [6.07, 6.45) is 2.41. The molecule has 0 aliphatic carbocycles. The van der Waals surface area contributed by atoms with Crippen molar-refractivity contribution in [3.05, 3.63) is 41.9 Å². The van der Waals surface area contributed by atoms with Crippen LogP contribution < -0.4 is 10.5 Å². The Hall–Kier alpha value is -2.45. The molecule has 0 amide bonds. The van der Waals surface area contributed by atoms with Gasteiger partial charge in [0, 0.05) is 17.3 Å². The van der Waals surface area contributed by atoms with Gasteiger partial charge in [-0.2, -0.15) is 5.26 Å². The van der Waals surface area contributed by atoms with Crippen LogP contribution in [0.25, 0.3) is 11.3 Å². The third-order valence-electron chi connectivity index (χ3n) is 3.50. The fraction of sp³-hybridized carbons (Fsp3) is 0.389. The Morgan fingerprint density at radius 3 is 2.70 bits per heavy atom. The van der Waals surface area contributed by atoms with E-state index in [-0.39, 0.29) is 6.04 Å². The van der Waals surface area contributed by atoms with Crippen molar-refractivity contribution in [2.24, 2.45) is 11.7 Å². The molecule has 2 unspecified atom stereocenters. The molecule has 5 heteroatoms. The zero-order valence-corrected chi connectivity index (χ0v) is 13.8. The van der Waals surface area contributed by atoms with E-state index in [1.165, 1.54) is 6.33 Å². The molecule has 2 aromatic rings. The molecule has 0 bridgehead atoms. The molecule has 2 N–H and O–H groups in total. The lowest BCUT2D eigenvalue weighted by Crippen LogP contribution is -2.21. The van der Waals surface area contributed by atoms with Crippen LogP contribution in [0, 0.1) is 24.2 Å². The van der Waals surface area contributed by atoms with Gasteiger partial charge in [-0.1, -0.05) is 6.92 Å². The van der Waals surface area contributed by atoms with Crippen molar-refractivity contribution in [1.82, 2.24) is 9.97 Å². The molecule has 120 valence electrons. The summed E-state index contributed by atoms with van der Waals surface area (Å²) in [5.41, 5.74) is 8.86. The van der Waals surface area contributed by atoms with Crippen LogP contribution in [0.5, 0.6) is 5.75 Å². The molecular formula is C18H22N4O. The van der Waals surface area contributed by atoms with E-state index in [9.17, 15) is 5.26 Å². The largest absolute Gasteiger partial charge is 0.492 e. The molecule has 0 saturated carbocycles. The summed E-state index contributed by atoms with van der Waals surface area (Å²) in [4.78, 5) is 8.33. The highest BCUT2D eigenvalue weighted by Crippen LogP contribution is 2.26. The van der Waals surface area contributed by atoms with Gasteiger partial charge in [0.15, 0.2) is 0 Å². The van der Waals surface area contributed by atoms with Crippen LogP contribution in [0.4, 0.5) is 0 Å². The first-order chi connectivity index (χ1) is 11.0. The SMILES string of the molecule is Cc1cc(-c2ccc(OCC(C)CC(C)N)c(C#N)c2)ncn1. The quantitative estimate of drug-likeness (QED) is 0.886. The summed E-state index contributed by atoms with van der Waals surface area (Å²) in [6, 6.07) is 9.76. The number of hydrogen-bond acceptors (Lipinski definition) is 5. The summed E-state index contributed by atoms with van der Waals surface area (Å²) in [6.45, 7) is 6.53. The van der Waals surface area contributed by atoms with Gasteiger partial charge in [-0.05, 0) is 50.5 Å². The molecule has 0 aliphatic heterocycles. The maximum absolute atomic E-state index is 9.37. The van der Waals surface area contributed by atoms with Gasteiger partial charge in [-0.3, -0.25) is 0 Å². The molecule has 2 atom stereocenters. The number of aromatic nitrogens is 2. The Morgan fingerprint density at radius 2 is 2.04 bits per heavy atom. The van der Waals surface area contributed by atoms with Gasteiger partial charge >= 0.3 is 0 Å². The Labute approximate surface area is 137 Å². The molecule has 0 radical (unpaired) electrons. The number of benzene rings is 1. The van der Waals surface area contributed by atoms with Gasteiger partial charge in [0.1, 0.15) is 18.1 Å². The van der Waals surface area contributed by atoms with E-state index in [0.717, 1.165) is 23.4 Å². The van der Waals surface area contributed by atoms with E-state index < -0.39 is 0 Å². The Morgan fingerprint density at radius 1 is 1.26 bits per heavy atom. The number of aryl methyl sites for hydroxylation is 1. The van der Waals surface area contributed by atoms with Crippen molar-refractivity contribution in [2.75, 3.05) is 6.61 Å². The lowest BCUT2D eigenvalue weighted by atomic mass is 10.0. The molecule has 0 saturated heterocycles. The smallest absolute Gasteiger partial charge is 0.137 e. The minimum atomic E-state index is 0.146. The minimum Gasteiger partial charge on any atom is -0.492 e. The average Bonchev–Trinajstić information content (AvgIpc) is 2.52. The standard InChI is InChI=1S/C18H22N4O/c1-12(6-13(2)20)10-23-18-5-4-15(8-16(18)9-19)17-7-14(3)21-11-22-17/h4-5,7-8,11-13H,6,10,20H2,1-3H3. The predicted molar refractivity (Wildman–Crippen MR) is 89.8 cm³/mol. The van der Waals surface area contributed by atoms with Crippen LogP contribution >= 0.6 is 0 Å². The van der Waals surface area contributed by atoms with Crippen molar-refractivity contribution < 1.29 is 4.74 Å². The number of ether oxygens (including phenoxy) is 1. The van der Waals surface area contributed by atoms with E-state index in [4.69, 9.17) is 10.5 Å². The van der Waals surface area contributed by atoms with Crippen LogP contribution in [-0.2, 0) is 0 Å². The minimum absolute atomic E-state index is 0.146. The first-order valence-electron chi connectivity index (χ1n) is 7.71. The van der Waals surface area contributed by atoms with Gasteiger partial charge in [-0.25, -0.2) is 9.97 Å². The lowest BCUT2D eigenvalue weighted by Gasteiger charge is -2.16. The zero-order chi connectivity index (χ0) is 16.8. The number of nitrogens with two attached hydrogens (primary N) is 1. The molecule has 0 spiro atoms. The van der Waals surface area contributed by atoms with E-state index in [1.54, 1.807) is 6.07 Å². The second kappa shape index (κ2) is 7.70. The fourth-order valence-electron chi connectivity index (χ4n) is 2.45. The van der Waals surface area contributed by atoms with Crippen LogP contribution in [0.3, 0.4) is 0 Å². The second-order valence-corrected chi connectivity index (χ2v) is 6.00. The number of nitrogens with zero attached hydrogens (tertiary/aromatic N) is 3. The maximum Gasteiger partial charge on any atom is 0.137 e. The van der Waals surface area contributed by atoms with Crippen LogP contribution in [0.15, 0.2) is 30.6 Å². The number of hydrogen-bond donors (Lipinski definition) is 1. The third-order valence-corrected chi connectivity index (χ3v) is 3.50. The first-order valence-corrected chi connectivity index (χ1v) is 7.71. The molecule has 1 aromatic heterocycles. The Balaban J connectivity index is 2.16. The lowest BCUT2D eigenvalue weighted by molar-refractivity contribution is 0.246. The molecule has 0 aliphatic rings. The molecular weight excluding hydrogens is 288 g/mol. The van der Waals surface area contributed by atoms with Gasteiger partial charge in [0.2, 0.25) is 0 Å². The molecule has 1 aromatic carbocycles. The molecule has 2 rings (SSSR count). The monoisotopic (exact) mass is 310 g/mol. The molecule has 23 heavy (non-hydrogen) atoms.